The molecule has 3 aromatic carbocycles. The zero-order valence-corrected chi connectivity index (χ0v) is 19.4. The molecule has 3 rings (SSSR count). The van der Waals surface area contributed by atoms with Crippen molar-refractivity contribution in [2.45, 2.75) is 22.2 Å². The predicted octanol–water partition coefficient (Wildman–Crippen LogP) is 5.60. The Kier molecular flexibility index (Phi) is 7.68. The van der Waals surface area contributed by atoms with E-state index in [2.05, 4.69) is 10.6 Å². The molecule has 11 heteroatoms. The monoisotopic (exact) mass is 508 g/mol. The number of carbonyl (C=O) groups is 2. The molecule has 0 fully saturated rings. The molecule has 3 aromatic rings. The first kappa shape index (κ1) is 25.3. The van der Waals surface area contributed by atoms with Crippen LogP contribution in [0.25, 0.3) is 0 Å². The largest absolute Gasteiger partial charge is 0.501 e. The molecule has 0 aliphatic heterocycles. The van der Waals surface area contributed by atoms with Crippen molar-refractivity contribution in [2.24, 2.45) is 0 Å². The van der Waals surface area contributed by atoms with Gasteiger partial charge in [-0.1, -0.05) is 37.3 Å². The van der Waals surface area contributed by atoms with Crippen LogP contribution in [-0.4, -0.2) is 31.5 Å². The van der Waals surface area contributed by atoms with Gasteiger partial charge in [0.2, 0.25) is 0 Å². The fourth-order valence-corrected chi connectivity index (χ4v) is 4.60. The first-order valence-electron chi connectivity index (χ1n) is 9.89. The average Bonchev–Trinajstić information content (AvgIpc) is 2.79. The van der Waals surface area contributed by atoms with Gasteiger partial charge in [0.15, 0.2) is 0 Å². The van der Waals surface area contributed by atoms with Crippen molar-refractivity contribution in [3.63, 3.8) is 0 Å². The highest BCUT2D eigenvalue weighted by Crippen LogP contribution is 2.31. The van der Waals surface area contributed by atoms with E-state index in [1.807, 2.05) is 19.1 Å². The highest BCUT2D eigenvalue weighted by molar-refractivity contribution is 7.99. The molecule has 0 atom stereocenters. The Morgan fingerprint density at radius 3 is 2.15 bits per heavy atom. The number of halogens is 3. The number of hydrogen-bond acceptors (Lipinski definition) is 5. The standard InChI is InChI=1S/C23H19F3N2O4S2/c1-2-33-20-13-6-4-11-18(20)22(30)28-19-12-5-3-10-17(19)21(29)27-15-8-7-9-16(14-15)34(31,32)23(24,25)26/h3-14H,2H2,1H3,(H,27,29)(H,28,30). The molecular weight excluding hydrogens is 489 g/mol. The summed E-state index contributed by atoms with van der Waals surface area (Å²) in [6.07, 6.45) is 0. The lowest BCUT2D eigenvalue weighted by Gasteiger charge is -2.14. The first-order chi connectivity index (χ1) is 16.0. The minimum absolute atomic E-state index is 0.0422. The normalized spacial score (nSPS) is 11.6. The van der Waals surface area contributed by atoms with Crippen LogP contribution in [0.3, 0.4) is 0 Å². The smallest absolute Gasteiger partial charge is 0.322 e. The maximum Gasteiger partial charge on any atom is 0.501 e. The topological polar surface area (TPSA) is 92.3 Å². The highest BCUT2D eigenvalue weighted by atomic mass is 32.2. The summed E-state index contributed by atoms with van der Waals surface area (Å²) in [5, 5.41) is 5.07. The number of anilines is 2. The molecule has 34 heavy (non-hydrogen) atoms. The Bertz CT molecular complexity index is 1330. The van der Waals surface area contributed by atoms with Crippen molar-refractivity contribution in [1.82, 2.24) is 0 Å². The lowest BCUT2D eigenvalue weighted by atomic mass is 10.1. The van der Waals surface area contributed by atoms with Crippen molar-refractivity contribution in [1.29, 1.82) is 0 Å². The van der Waals surface area contributed by atoms with Crippen molar-refractivity contribution in [3.8, 4) is 0 Å². The fraction of sp³-hybridized carbons (Fsp3) is 0.130. The minimum Gasteiger partial charge on any atom is -0.322 e. The van der Waals surface area contributed by atoms with Crippen LogP contribution >= 0.6 is 11.8 Å². The van der Waals surface area contributed by atoms with Crippen LogP contribution in [0.2, 0.25) is 0 Å². The number of nitrogens with one attached hydrogen (secondary N) is 2. The zero-order valence-electron chi connectivity index (χ0n) is 17.7. The van der Waals surface area contributed by atoms with Gasteiger partial charge in [-0.05, 0) is 48.2 Å². The molecule has 0 radical (unpaired) electrons. The van der Waals surface area contributed by atoms with Gasteiger partial charge in [-0.15, -0.1) is 11.8 Å². The van der Waals surface area contributed by atoms with Crippen molar-refractivity contribution in [2.75, 3.05) is 16.4 Å². The third-order valence-electron chi connectivity index (χ3n) is 4.56. The van der Waals surface area contributed by atoms with E-state index in [0.29, 0.717) is 5.56 Å². The van der Waals surface area contributed by atoms with Crippen molar-refractivity contribution < 1.29 is 31.2 Å². The van der Waals surface area contributed by atoms with Gasteiger partial charge in [0.05, 0.1) is 21.7 Å². The molecule has 0 aliphatic rings. The molecule has 2 amide bonds. The third kappa shape index (κ3) is 5.60. The van der Waals surface area contributed by atoms with Gasteiger partial charge in [-0.25, -0.2) is 8.42 Å². The quantitative estimate of drug-likeness (QED) is 0.406. The van der Waals surface area contributed by atoms with Gasteiger partial charge in [0.1, 0.15) is 0 Å². The molecule has 0 aliphatic carbocycles. The molecule has 0 unspecified atom stereocenters. The minimum atomic E-state index is -5.57. The van der Waals surface area contributed by atoms with E-state index < -0.39 is 32.1 Å². The summed E-state index contributed by atoms with van der Waals surface area (Å²) in [6.45, 7) is 1.95. The summed E-state index contributed by atoms with van der Waals surface area (Å²) >= 11 is 1.49. The number of rotatable bonds is 7. The Labute approximate surface area is 198 Å². The first-order valence-corrected chi connectivity index (χ1v) is 12.4. The average molecular weight is 509 g/mol. The molecule has 2 N–H and O–H groups in total. The molecule has 0 saturated carbocycles. The lowest BCUT2D eigenvalue weighted by Crippen LogP contribution is -2.23. The van der Waals surface area contributed by atoms with Crippen LogP contribution in [0.1, 0.15) is 27.6 Å². The molecule has 0 bridgehead atoms. The van der Waals surface area contributed by atoms with Gasteiger partial charge >= 0.3 is 5.51 Å². The number of benzene rings is 3. The predicted molar refractivity (Wildman–Crippen MR) is 125 cm³/mol. The SMILES string of the molecule is CCSc1ccccc1C(=O)Nc1ccccc1C(=O)Nc1cccc(S(=O)(=O)C(F)(F)F)c1. The summed E-state index contributed by atoms with van der Waals surface area (Å²) in [5.41, 5.74) is -4.98. The van der Waals surface area contributed by atoms with Crippen LogP contribution in [0.4, 0.5) is 24.5 Å². The van der Waals surface area contributed by atoms with E-state index >= 15 is 0 Å². The number of carbonyl (C=O) groups excluding carboxylic acids is 2. The number of alkyl halides is 3. The van der Waals surface area contributed by atoms with Gasteiger partial charge in [0.25, 0.3) is 21.7 Å². The van der Waals surface area contributed by atoms with Gasteiger partial charge in [-0.2, -0.15) is 13.2 Å². The molecule has 0 spiro atoms. The van der Waals surface area contributed by atoms with Crippen molar-refractivity contribution in [3.05, 3.63) is 83.9 Å². The van der Waals surface area contributed by atoms with E-state index in [1.165, 1.54) is 30.0 Å². The maximum atomic E-state index is 12.9. The van der Waals surface area contributed by atoms with E-state index in [9.17, 15) is 31.2 Å². The molecule has 178 valence electrons. The van der Waals surface area contributed by atoms with Crippen molar-refractivity contribution >= 4 is 44.8 Å². The van der Waals surface area contributed by atoms with Crippen LogP contribution < -0.4 is 10.6 Å². The number of hydrogen-bond donors (Lipinski definition) is 2. The second-order valence-corrected chi connectivity index (χ2v) is 10.1. The second kappa shape index (κ2) is 10.3. The molecule has 0 saturated heterocycles. The van der Waals surface area contributed by atoms with E-state index in [-0.39, 0.29) is 16.9 Å². The Morgan fingerprint density at radius 2 is 1.47 bits per heavy atom. The summed E-state index contributed by atoms with van der Waals surface area (Å²) < 4.78 is 61.9. The molecule has 0 aromatic heterocycles. The fourth-order valence-electron chi connectivity index (χ4n) is 2.99. The van der Waals surface area contributed by atoms with E-state index in [1.54, 1.807) is 24.3 Å². The summed E-state index contributed by atoms with van der Waals surface area (Å²) in [5.74, 6) is -0.421. The Morgan fingerprint density at radius 1 is 0.853 bits per heavy atom. The molecular formula is C23H19F3N2O4S2. The Hall–Kier alpha value is -3.31. The summed E-state index contributed by atoms with van der Waals surface area (Å²) in [4.78, 5) is 25.5. The van der Waals surface area contributed by atoms with E-state index in [4.69, 9.17) is 0 Å². The summed E-state index contributed by atoms with van der Waals surface area (Å²) in [6, 6.07) is 16.9. The Balaban J connectivity index is 1.85. The van der Waals surface area contributed by atoms with E-state index in [0.717, 1.165) is 28.8 Å². The third-order valence-corrected chi connectivity index (χ3v) is 7.00. The molecule has 0 heterocycles. The molecule has 6 nitrogen and oxygen atoms in total. The number of para-hydroxylation sites is 1. The van der Waals surface area contributed by atoms with Gasteiger partial charge in [-0.3, -0.25) is 9.59 Å². The number of sulfone groups is 1. The lowest BCUT2D eigenvalue weighted by molar-refractivity contribution is -0.0436. The zero-order chi connectivity index (χ0) is 24.9. The second-order valence-electron chi connectivity index (χ2n) is 6.86. The number of amides is 2. The van der Waals surface area contributed by atoms with Crippen LogP contribution in [0.15, 0.2) is 82.6 Å². The van der Waals surface area contributed by atoms with Gasteiger partial charge in [0, 0.05) is 10.6 Å². The van der Waals surface area contributed by atoms with Crippen LogP contribution in [0.5, 0.6) is 0 Å². The summed E-state index contributed by atoms with van der Waals surface area (Å²) in [7, 11) is -5.57. The van der Waals surface area contributed by atoms with Gasteiger partial charge < -0.3 is 10.6 Å². The van der Waals surface area contributed by atoms with Crippen LogP contribution in [-0.2, 0) is 9.84 Å². The number of thioether (sulfide) groups is 1. The van der Waals surface area contributed by atoms with Crippen LogP contribution in [0, 0.1) is 0 Å². The highest BCUT2D eigenvalue weighted by Gasteiger charge is 2.46. The maximum absolute atomic E-state index is 12.9.